The van der Waals surface area contributed by atoms with Crippen molar-refractivity contribution in [2.45, 2.75) is 33.2 Å². The molecule has 1 unspecified atom stereocenters. The SMILES string of the molecule is CCC(Nc1nccc(C(=O)O)c1F)C(C)C. The van der Waals surface area contributed by atoms with E-state index in [-0.39, 0.29) is 17.4 Å². The fraction of sp³-hybridized carbons (Fsp3) is 0.500. The number of halogens is 1. The number of nitrogens with zero attached hydrogens (tertiary/aromatic N) is 1. The second-order valence-corrected chi connectivity index (χ2v) is 4.23. The number of rotatable bonds is 5. The van der Waals surface area contributed by atoms with Crippen molar-refractivity contribution >= 4 is 11.8 Å². The first kappa shape index (κ1) is 13.4. The van der Waals surface area contributed by atoms with Crippen LogP contribution in [0.25, 0.3) is 0 Å². The minimum atomic E-state index is -1.29. The summed E-state index contributed by atoms with van der Waals surface area (Å²) in [6.07, 6.45) is 2.11. The first-order chi connectivity index (χ1) is 7.97. The molecule has 0 aromatic carbocycles. The third kappa shape index (κ3) is 3.15. The first-order valence-corrected chi connectivity index (χ1v) is 5.61. The Morgan fingerprint density at radius 3 is 2.71 bits per heavy atom. The molecule has 0 aliphatic carbocycles. The van der Waals surface area contributed by atoms with E-state index in [9.17, 15) is 9.18 Å². The number of carboxylic acid groups (broad SMARTS) is 1. The Kier molecular flexibility index (Phi) is 4.43. The fourth-order valence-corrected chi connectivity index (χ4v) is 1.63. The Balaban J connectivity index is 2.99. The molecule has 0 saturated heterocycles. The number of hydrogen-bond acceptors (Lipinski definition) is 3. The second-order valence-electron chi connectivity index (χ2n) is 4.23. The van der Waals surface area contributed by atoms with E-state index in [0.717, 1.165) is 12.5 Å². The minimum absolute atomic E-state index is 0.00505. The van der Waals surface area contributed by atoms with Gasteiger partial charge in [0.15, 0.2) is 11.6 Å². The summed E-state index contributed by atoms with van der Waals surface area (Å²) < 4.78 is 13.8. The molecule has 94 valence electrons. The Labute approximate surface area is 99.9 Å². The standard InChI is InChI=1S/C12H17FN2O2/c1-4-9(7(2)3)15-11-10(13)8(12(16)17)5-6-14-11/h5-7,9H,4H2,1-3H3,(H,14,15)(H,16,17). The Bertz CT molecular complexity index is 407. The van der Waals surface area contributed by atoms with Crippen LogP contribution in [0.15, 0.2) is 12.3 Å². The van der Waals surface area contributed by atoms with Gasteiger partial charge < -0.3 is 10.4 Å². The van der Waals surface area contributed by atoms with E-state index in [1.807, 2.05) is 20.8 Å². The lowest BCUT2D eigenvalue weighted by Crippen LogP contribution is -2.26. The molecule has 1 atom stereocenters. The number of pyridine rings is 1. The number of carbonyl (C=O) groups is 1. The molecular formula is C12H17FN2O2. The van der Waals surface area contributed by atoms with Crippen molar-refractivity contribution in [1.82, 2.24) is 4.98 Å². The highest BCUT2D eigenvalue weighted by Gasteiger charge is 2.18. The van der Waals surface area contributed by atoms with Crippen LogP contribution in [0.1, 0.15) is 37.6 Å². The zero-order chi connectivity index (χ0) is 13.0. The van der Waals surface area contributed by atoms with E-state index < -0.39 is 11.8 Å². The Hall–Kier alpha value is -1.65. The number of aromatic carboxylic acids is 1. The lowest BCUT2D eigenvalue weighted by Gasteiger charge is -2.21. The maximum Gasteiger partial charge on any atom is 0.338 e. The highest BCUT2D eigenvalue weighted by atomic mass is 19.1. The lowest BCUT2D eigenvalue weighted by molar-refractivity contribution is 0.0692. The van der Waals surface area contributed by atoms with Crippen LogP contribution >= 0.6 is 0 Å². The van der Waals surface area contributed by atoms with Gasteiger partial charge in [0.05, 0.1) is 0 Å². The van der Waals surface area contributed by atoms with Crippen LogP contribution in [0.4, 0.5) is 10.2 Å². The second kappa shape index (κ2) is 5.61. The zero-order valence-corrected chi connectivity index (χ0v) is 10.2. The summed E-state index contributed by atoms with van der Waals surface area (Å²) in [4.78, 5) is 14.6. The van der Waals surface area contributed by atoms with Crippen LogP contribution in [-0.4, -0.2) is 22.1 Å². The van der Waals surface area contributed by atoms with E-state index >= 15 is 0 Å². The molecule has 0 aliphatic heterocycles. The van der Waals surface area contributed by atoms with E-state index in [1.54, 1.807) is 0 Å². The van der Waals surface area contributed by atoms with E-state index in [1.165, 1.54) is 6.20 Å². The molecule has 0 bridgehead atoms. The van der Waals surface area contributed by atoms with Crippen molar-refractivity contribution in [3.05, 3.63) is 23.6 Å². The average Bonchev–Trinajstić information content (AvgIpc) is 2.26. The summed E-state index contributed by atoms with van der Waals surface area (Å²) in [6, 6.07) is 1.22. The molecular weight excluding hydrogens is 223 g/mol. The van der Waals surface area contributed by atoms with Gasteiger partial charge in [-0.3, -0.25) is 0 Å². The first-order valence-electron chi connectivity index (χ1n) is 5.61. The summed E-state index contributed by atoms with van der Waals surface area (Å²) in [5, 5.41) is 11.7. The van der Waals surface area contributed by atoms with E-state index in [2.05, 4.69) is 10.3 Å². The topological polar surface area (TPSA) is 62.2 Å². The minimum Gasteiger partial charge on any atom is -0.478 e. The van der Waals surface area contributed by atoms with Gasteiger partial charge in [0.25, 0.3) is 0 Å². The zero-order valence-electron chi connectivity index (χ0n) is 10.2. The van der Waals surface area contributed by atoms with E-state index in [0.29, 0.717) is 5.92 Å². The maximum atomic E-state index is 13.8. The molecule has 1 aromatic rings. The van der Waals surface area contributed by atoms with Gasteiger partial charge in [0.1, 0.15) is 5.56 Å². The van der Waals surface area contributed by atoms with Gasteiger partial charge in [-0.1, -0.05) is 20.8 Å². The quantitative estimate of drug-likeness (QED) is 0.830. The van der Waals surface area contributed by atoms with Crippen LogP contribution in [0.5, 0.6) is 0 Å². The number of nitrogens with one attached hydrogen (secondary N) is 1. The summed E-state index contributed by atoms with van der Waals surface area (Å²) in [6.45, 7) is 6.01. The van der Waals surface area contributed by atoms with Gasteiger partial charge in [-0.15, -0.1) is 0 Å². The molecule has 2 N–H and O–H groups in total. The van der Waals surface area contributed by atoms with Crippen molar-refractivity contribution in [2.75, 3.05) is 5.32 Å². The molecule has 1 heterocycles. The number of anilines is 1. The van der Waals surface area contributed by atoms with Crippen molar-refractivity contribution < 1.29 is 14.3 Å². The fourth-order valence-electron chi connectivity index (χ4n) is 1.63. The Morgan fingerprint density at radius 2 is 2.24 bits per heavy atom. The third-order valence-corrected chi connectivity index (χ3v) is 2.69. The normalized spacial score (nSPS) is 12.5. The van der Waals surface area contributed by atoms with Gasteiger partial charge in [0, 0.05) is 12.2 Å². The van der Waals surface area contributed by atoms with Crippen molar-refractivity contribution in [3.8, 4) is 0 Å². The average molecular weight is 240 g/mol. The number of carboxylic acids is 1. The monoisotopic (exact) mass is 240 g/mol. The number of aromatic nitrogens is 1. The molecule has 0 amide bonds. The number of hydrogen-bond donors (Lipinski definition) is 2. The van der Waals surface area contributed by atoms with Gasteiger partial charge >= 0.3 is 5.97 Å². The smallest absolute Gasteiger partial charge is 0.338 e. The molecule has 0 aliphatic rings. The van der Waals surface area contributed by atoms with E-state index in [4.69, 9.17) is 5.11 Å². The van der Waals surface area contributed by atoms with Crippen molar-refractivity contribution in [2.24, 2.45) is 5.92 Å². The molecule has 5 heteroatoms. The molecule has 0 radical (unpaired) electrons. The van der Waals surface area contributed by atoms with Gasteiger partial charge in [-0.05, 0) is 18.4 Å². The van der Waals surface area contributed by atoms with Crippen molar-refractivity contribution in [1.29, 1.82) is 0 Å². The molecule has 17 heavy (non-hydrogen) atoms. The highest BCUT2D eigenvalue weighted by molar-refractivity contribution is 5.88. The van der Waals surface area contributed by atoms with Gasteiger partial charge in [0.2, 0.25) is 0 Å². The largest absolute Gasteiger partial charge is 0.478 e. The van der Waals surface area contributed by atoms with Crippen molar-refractivity contribution in [3.63, 3.8) is 0 Å². The van der Waals surface area contributed by atoms with Gasteiger partial charge in [-0.2, -0.15) is 0 Å². The lowest BCUT2D eigenvalue weighted by atomic mass is 10.0. The molecule has 0 saturated carbocycles. The summed E-state index contributed by atoms with van der Waals surface area (Å²) in [5.74, 6) is -1.77. The predicted molar refractivity (Wildman–Crippen MR) is 63.7 cm³/mol. The summed E-state index contributed by atoms with van der Waals surface area (Å²) >= 11 is 0. The summed E-state index contributed by atoms with van der Waals surface area (Å²) in [7, 11) is 0. The third-order valence-electron chi connectivity index (χ3n) is 2.69. The summed E-state index contributed by atoms with van der Waals surface area (Å²) in [5.41, 5.74) is -0.360. The molecule has 0 fully saturated rings. The maximum absolute atomic E-state index is 13.8. The van der Waals surface area contributed by atoms with Crippen LogP contribution in [0.2, 0.25) is 0 Å². The predicted octanol–water partition coefficient (Wildman–Crippen LogP) is 2.77. The Morgan fingerprint density at radius 1 is 1.59 bits per heavy atom. The molecule has 4 nitrogen and oxygen atoms in total. The van der Waals surface area contributed by atoms with Crippen LogP contribution < -0.4 is 5.32 Å². The highest BCUT2D eigenvalue weighted by Crippen LogP contribution is 2.19. The van der Waals surface area contributed by atoms with Gasteiger partial charge in [-0.25, -0.2) is 14.2 Å². The molecule has 1 rings (SSSR count). The molecule has 1 aromatic heterocycles. The van der Waals surface area contributed by atoms with Crippen LogP contribution in [-0.2, 0) is 0 Å². The van der Waals surface area contributed by atoms with Crippen LogP contribution in [0, 0.1) is 11.7 Å². The van der Waals surface area contributed by atoms with Crippen LogP contribution in [0.3, 0.4) is 0 Å². The molecule has 0 spiro atoms.